The molecule has 1 N–H and O–H groups in total. The Morgan fingerprint density at radius 2 is 2.11 bits per heavy atom. The average Bonchev–Trinajstić information content (AvgIpc) is 2.28. The summed E-state index contributed by atoms with van der Waals surface area (Å²) < 4.78 is 26.8. The summed E-state index contributed by atoms with van der Waals surface area (Å²) in [5.74, 6) is 0.490. The lowest BCUT2D eigenvalue weighted by Gasteiger charge is -2.17. The molecule has 1 rings (SSSR count). The zero-order valence-electron chi connectivity index (χ0n) is 10.9. The van der Waals surface area contributed by atoms with Crippen molar-refractivity contribution in [3.05, 3.63) is 23.5 Å². The topological polar surface area (TPSA) is 59.1 Å². The van der Waals surface area contributed by atoms with Gasteiger partial charge in [0.2, 0.25) is 10.0 Å². The number of pyridine rings is 1. The monoisotopic (exact) mass is 290 g/mol. The Morgan fingerprint density at radius 3 is 2.67 bits per heavy atom. The summed E-state index contributed by atoms with van der Waals surface area (Å²) in [5.41, 5.74) is 0. The highest BCUT2D eigenvalue weighted by atomic mass is 35.5. The maximum absolute atomic E-state index is 12.1. The van der Waals surface area contributed by atoms with Crippen LogP contribution in [0.25, 0.3) is 0 Å². The van der Waals surface area contributed by atoms with E-state index in [1.807, 2.05) is 6.92 Å². The maximum Gasteiger partial charge on any atom is 0.240 e. The number of hydrogen-bond donors (Lipinski definition) is 1. The fourth-order valence-corrected chi connectivity index (χ4v) is 3.21. The maximum atomic E-state index is 12.1. The number of halogens is 1. The van der Waals surface area contributed by atoms with E-state index in [4.69, 9.17) is 11.6 Å². The molecule has 0 saturated heterocycles. The van der Waals surface area contributed by atoms with E-state index in [9.17, 15) is 8.42 Å². The number of sulfonamides is 1. The highest BCUT2D eigenvalue weighted by Gasteiger charge is 2.18. The third kappa shape index (κ3) is 4.55. The lowest BCUT2D eigenvalue weighted by Crippen LogP contribution is -2.33. The van der Waals surface area contributed by atoms with Crippen LogP contribution < -0.4 is 4.72 Å². The first-order valence-corrected chi connectivity index (χ1v) is 7.85. The molecule has 2 atom stereocenters. The van der Waals surface area contributed by atoms with E-state index in [2.05, 4.69) is 23.6 Å². The molecule has 1 aromatic rings. The number of nitrogens with one attached hydrogen (secondary N) is 1. The SMILES string of the molecule is CCC(C)CC(C)NS(=O)(=O)c1ccnc(Cl)c1. The zero-order chi connectivity index (χ0) is 13.8. The summed E-state index contributed by atoms with van der Waals surface area (Å²) in [7, 11) is -3.51. The van der Waals surface area contributed by atoms with Crippen LogP contribution in [0, 0.1) is 5.92 Å². The van der Waals surface area contributed by atoms with Crippen LogP contribution >= 0.6 is 11.6 Å². The van der Waals surface area contributed by atoms with Gasteiger partial charge in [-0.2, -0.15) is 0 Å². The van der Waals surface area contributed by atoms with Crippen LogP contribution in [0.15, 0.2) is 23.2 Å². The van der Waals surface area contributed by atoms with Gasteiger partial charge in [-0.1, -0.05) is 31.9 Å². The summed E-state index contributed by atoms with van der Waals surface area (Å²) >= 11 is 5.69. The van der Waals surface area contributed by atoms with Crippen molar-refractivity contribution >= 4 is 21.6 Å². The van der Waals surface area contributed by atoms with Crippen LogP contribution in [0.5, 0.6) is 0 Å². The molecule has 0 spiro atoms. The van der Waals surface area contributed by atoms with Gasteiger partial charge in [-0.3, -0.25) is 0 Å². The van der Waals surface area contributed by atoms with Gasteiger partial charge in [0.1, 0.15) is 5.15 Å². The molecule has 1 heterocycles. The highest BCUT2D eigenvalue weighted by Crippen LogP contribution is 2.15. The van der Waals surface area contributed by atoms with E-state index >= 15 is 0 Å². The van der Waals surface area contributed by atoms with Crippen LogP contribution in [-0.2, 0) is 10.0 Å². The van der Waals surface area contributed by atoms with Gasteiger partial charge in [0.15, 0.2) is 0 Å². The van der Waals surface area contributed by atoms with Gasteiger partial charge in [0.25, 0.3) is 0 Å². The third-order valence-corrected chi connectivity index (χ3v) is 4.61. The van der Waals surface area contributed by atoms with Crippen molar-refractivity contribution in [1.82, 2.24) is 9.71 Å². The van der Waals surface area contributed by atoms with Crippen molar-refractivity contribution in [3.8, 4) is 0 Å². The molecular weight excluding hydrogens is 272 g/mol. The lowest BCUT2D eigenvalue weighted by molar-refractivity contribution is 0.445. The standard InChI is InChI=1S/C12H19ClN2O2S/c1-4-9(2)7-10(3)15-18(16,17)11-5-6-14-12(13)8-11/h5-6,8-10,15H,4,7H2,1-3H3. The minimum atomic E-state index is -3.51. The lowest BCUT2D eigenvalue weighted by atomic mass is 10.0. The molecule has 1 aromatic heterocycles. The minimum Gasteiger partial charge on any atom is -0.244 e. The summed E-state index contributed by atoms with van der Waals surface area (Å²) in [5, 5.41) is 0.174. The van der Waals surface area contributed by atoms with Crippen LogP contribution in [0.2, 0.25) is 5.15 Å². The van der Waals surface area contributed by atoms with E-state index in [0.29, 0.717) is 5.92 Å². The highest BCUT2D eigenvalue weighted by molar-refractivity contribution is 7.89. The Morgan fingerprint density at radius 1 is 1.44 bits per heavy atom. The smallest absolute Gasteiger partial charge is 0.240 e. The van der Waals surface area contributed by atoms with E-state index in [0.717, 1.165) is 12.8 Å². The quantitative estimate of drug-likeness (QED) is 0.820. The Labute approximate surface area is 114 Å². The van der Waals surface area contributed by atoms with Gasteiger partial charge in [0, 0.05) is 12.2 Å². The van der Waals surface area contributed by atoms with E-state index in [-0.39, 0.29) is 16.1 Å². The predicted molar refractivity (Wildman–Crippen MR) is 73.1 cm³/mol. The summed E-state index contributed by atoms with van der Waals surface area (Å²) in [6.45, 7) is 6.06. The second-order valence-electron chi connectivity index (χ2n) is 4.59. The molecular formula is C12H19ClN2O2S. The number of aromatic nitrogens is 1. The molecule has 2 unspecified atom stereocenters. The van der Waals surface area contributed by atoms with Gasteiger partial charge in [-0.25, -0.2) is 18.1 Å². The molecule has 0 radical (unpaired) electrons. The fraction of sp³-hybridized carbons (Fsp3) is 0.583. The summed E-state index contributed by atoms with van der Waals surface area (Å²) in [6, 6.07) is 2.68. The molecule has 0 aromatic carbocycles. The van der Waals surface area contributed by atoms with Crippen molar-refractivity contribution in [2.24, 2.45) is 5.92 Å². The van der Waals surface area contributed by atoms with Crippen molar-refractivity contribution in [3.63, 3.8) is 0 Å². The third-order valence-electron chi connectivity index (χ3n) is 2.82. The van der Waals surface area contributed by atoms with Crippen LogP contribution in [0.1, 0.15) is 33.6 Å². The first kappa shape index (κ1) is 15.4. The molecule has 18 heavy (non-hydrogen) atoms. The molecule has 0 saturated carbocycles. The first-order chi connectivity index (χ1) is 8.35. The average molecular weight is 291 g/mol. The van der Waals surface area contributed by atoms with Crippen molar-refractivity contribution in [2.45, 2.75) is 44.6 Å². The predicted octanol–water partition coefficient (Wildman–Crippen LogP) is 2.84. The van der Waals surface area contributed by atoms with Gasteiger partial charge < -0.3 is 0 Å². The van der Waals surface area contributed by atoms with Crippen molar-refractivity contribution in [2.75, 3.05) is 0 Å². The summed E-state index contributed by atoms with van der Waals surface area (Å²) in [4.78, 5) is 3.92. The second-order valence-corrected chi connectivity index (χ2v) is 6.69. The first-order valence-electron chi connectivity index (χ1n) is 5.99. The molecule has 0 aliphatic rings. The van der Waals surface area contributed by atoms with Crippen molar-refractivity contribution in [1.29, 1.82) is 0 Å². The van der Waals surface area contributed by atoms with E-state index in [1.165, 1.54) is 18.3 Å². The van der Waals surface area contributed by atoms with Crippen LogP contribution in [0.3, 0.4) is 0 Å². The molecule has 0 aliphatic carbocycles. The Hall–Kier alpha value is -0.650. The molecule has 102 valence electrons. The molecule has 0 aliphatic heterocycles. The molecule has 0 bridgehead atoms. The number of hydrogen-bond acceptors (Lipinski definition) is 3. The largest absolute Gasteiger partial charge is 0.244 e. The van der Waals surface area contributed by atoms with Crippen LogP contribution in [-0.4, -0.2) is 19.4 Å². The Balaban J connectivity index is 2.76. The van der Waals surface area contributed by atoms with Gasteiger partial charge in [0.05, 0.1) is 4.90 Å². The molecule has 0 amide bonds. The van der Waals surface area contributed by atoms with Gasteiger partial charge in [-0.15, -0.1) is 0 Å². The Bertz CT molecular complexity index is 491. The fourth-order valence-electron chi connectivity index (χ4n) is 1.70. The number of rotatable bonds is 6. The minimum absolute atomic E-state index is 0.100. The molecule has 6 heteroatoms. The summed E-state index contributed by atoms with van der Waals surface area (Å²) in [6.07, 6.45) is 3.23. The van der Waals surface area contributed by atoms with E-state index in [1.54, 1.807) is 0 Å². The second kappa shape index (κ2) is 6.50. The number of nitrogens with zero attached hydrogens (tertiary/aromatic N) is 1. The van der Waals surface area contributed by atoms with Gasteiger partial charge in [-0.05, 0) is 31.4 Å². The van der Waals surface area contributed by atoms with E-state index < -0.39 is 10.0 Å². The normalized spacial score (nSPS) is 15.3. The van der Waals surface area contributed by atoms with Crippen molar-refractivity contribution < 1.29 is 8.42 Å². The van der Waals surface area contributed by atoms with Crippen LogP contribution in [0.4, 0.5) is 0 Å². The molecule has 0 fully saturated rings. The Kier molecular flexibility index (Phi) is 5.56. The molecule has 4 nitrogen and oxygen atoms in total. The van der Waals surface area contributed by atoms with Gasteiger partial charge >= 0.3 is 0 Å². The zero-order valence-corrected chi connectivity index (χ0v) is 12.4.